The largest absolute Gasteiger partial charge is 0.492 e. The van der Waals surface area contributed by atoms with Crippen molar-refractivity contribution in [3.63, 3.8) is 0 Å². The van der Waals surface area contributed by atoms with E-state index in [4.69, 9.17) is 19.2 Å². The number of carbonyl (C=O) groups is 2. The van der Waals surface area contributed by atoms with Crippen molar-refractivity contribution in [3.8, 4) is 11.5 Å². The van der Waals surface area contributed by atoms with Gasteiger partial charge in [0.05, 0.1) is 115 Å². The molecule has 2 aliphatic heterocycles. The molecule has 24 nitrogen and oxygen atoms in total. The zero-order valence-electron chi connectivity index (χ0n) is 53.6. The van der Waals surface area contributed by atoms with Crippen LogP contribution >= 0.6 is 0 Å². The van der Waals surface area contributed by atoms with Crippen LogP contribution in [0.1, 0.15) is 139 Å². The van der Waals surface area contributed by atoms with Gasteiger partial charge >= 0.3 is 0 Å². The summed E-state index contributed by atoms with van der Waals surface area (Å²) in [6.07, 6.45) is 12.7. The number of ether oxygens (including phenoxy) is 3. The normalized spacial score (nSPS) is 15.7. The summed E-state index contributed by atoms with van der Waals surface area (Å²) in [7, 11) is -0.499. The lowest BCUT2D eigenvalue weighted by molar-refractivity contribution is 0.00922. The first-order valence-electron chi connectivity index (χ1n) is 29.5. The van der Waals surface area contributed by atoms with Crippen LogP contribution in [0.15, 0.2) is 116 Å². The first-order valence-corrected chi connectivity index (χ1v) is 33.3. The second kappa shape index (κ2) is 24.7. The summed E-state index contributed by atoms with van der Waals surface area (Å²) in [5.74, 6) is 1.17. The lowest BCUT2D eigenvalue weighted by Gasteiger charge is -2.24. The predicted molar refractivity (Wildman–Crippen MR) is 354 cm³/mol. The average molecular weight is 1280 g/mol. The van der Waals surface area contributed by atoms with Gasteiger partial charge in [-0.15, -0.1) is 11.1 Å². The number of sulfonamides is 2. The highest BCUT2D eigenvalue weighted by Gasteiger charge is 2.50. The molecule has 2 fully saturated rings. The molecule has 91 heavy (non-hydrogen) atoms. The molecule has 0 spiro atoms. The number of nitrogens with zero attached hydrogens (tertiary/aromatic N) is 6. The minimum Gasteiger partial charge on any atom is -0.492 e. The van der Waals surface area contributed by atoms with Crippen molar-refractivity contribution < 1.29 is 45.7 Å². The third kappa shape index (κ3) is 14.5. The highest BCUT2D eigenvalue weighted by atomic mass is 32.2. The Labute approximate surface area is 531 Å². The van der Waals surface area contributed by atoms with E-state index in [0.29, 0.717) is 47.8 Å². The molecule has 0 radical (unpaired) electrons. The van der Waals surface area contributed by atoms with Crippen LogP contribution in [0.25, 0.3) is 11.4 Å². The van der Waals surface area contributed by atoms with Crippen molar-refractivity contribution in [2.75, 3.05) is 56.8 Å². The Hall–Kier alpha value is -8.92. The minimum absolute atomic E-state index is 0.207. The van der Waals surface area contributed by atoms with Gasteiger partial charge in [-0.25, -0.2) is 26.8 Å². The van der Waals surface area contributed by atoms with Crippen LogP contribution in [0, 0.1) is 13.8 Å². The smallest absolute Gasteiger partial charge is 0.255 e. The molecule has 5 aromatic carbocycles. The fourth-order valence-electron chi connectivity index (χ4n) is 10.7. The molecular weight excluding hydrogens is 1200 g/mol. The topological polar surface area (TPSA) is 289 Å². The number of imidazole rings is 2. The number of hydrogen-bond acceptors (Lipinski definition) is 18. The van der Waals surface area contributed by atoms with Gasteiger partial charge < -0.3 is 39.1 Å². The van der Waals surface area contributed by atoms with Crippen molar-refractivity contribution in [1.29, 1.82) is 0 Å². The molecule has 26 heteroatoms. The number of nitrogens with one attached hydrogen (secondary N) is 8. The van der Waals surface area contributed by atoms with Gasteiger partial charge in [0.2, 0.25) is 20.0 Å². The molecule has 4 heterocycles. The van der Waals surface area contributed by atoms with E-state index in [1.807, 2.05) is 128 Å². The highest BCUT2D eigenvalue weighted by Crippen LogP contribution is 2.50. The van der Waals surface area contributed by atoms with E-state index in [1.165, 1.54) is 14.2 Å². The predicted octanol–water partition coefficient (Wildman–Crippen LogP) is 9.16. The molecule has 4 aliphatic rings. The fraction of sp³-hybridized carbons (Fsp3) is 0.354. The maximum Gasteiger partial charge on any atom is 0.255 e. The maximum absolute atomic E-state index is 13.7. The standard InChI is InChI=1S/C36H43N7O5S.C29H37N7O5S/c1-23-13-14-25(33(44)38-27-18-26(35(2,3)4)19-28(32(27)47-6)40-49(7,45)46)17-30(23)43-21-29(39-41-43)31-20-37-34(42(31)5)36(15-16-36)48-22-24-11-9-8-10-12-24;1-17-8-9-18(12-23(17)36-16-22(32-34-36)24-15-30-27(35(24)5)29(38)10-11-29)26(37)31-20-13-19(28(2,3)4)14-21(25(20)41-6)33-42(7,39)40/h8-14,17-21,39-41H,15-16,22H2,1-7H3,(H,38,44);8-9,12-16,32-34,38H,10-11H2,1-7H3,(H,31,37). The number of aryl methyl sites for hydroxylation is 2. The Bertz CT molecular complexity index is 4270. The molecule has 9 N–H and O–H groups in total. The van der Waals surface area contributed by atoms with Gasteiger partial charge in [0.15, 0.2) is 11.5 Å². The van der Waals surface area contributed by atoms with Crippen LogP contribution in [0.3, 0.4) is 0 Å². The summed E-state index contributed by atoms with van der Waals surface area (Å²) in [6, 6.07) is 27.9. The first-order chi connectivity index (χ1) is 42.8. The SMILES string of the molecule is COc1c(NC(=O)c2ccc(C)c(N3C=C(c4cnc(C5(O)CC5)n4C)NN3)c2)cc(C(C)(C)C)cc1NS(C)(=O)=O.COc1c(NC(=O)c2ccc(C)c(N3C=C(c4cnc(C5(OCc6ccccc6)CC5)n4C)NN3)c2)cc(C(C)(C)C)cc1NS(C)(=O)=O. The number of benzene rings is 5. The van der Waals surface area contributed by atoms with Gasteiger partial charge in [-0.05, 0) is 127 Å². The molecular formula is C65H80N14O10S2. The second-order valence-electron chi connectivity index (χ2n) is 25.5. The summed E-state index contributed by atoms with van der Waals surface area (Å²) in [5, 5.41) is 20.0. The van der Waals surface area contributed by atoms with E-state index in [-0.39, 0.29) is 39.6 Å². The molecule has 2 saturated carbocycles. The zero-order chi connectivity index (χ0) is 65.8. The molecule has 0 unspecified atom stereocenters. The Balaban J connectivity index is 0.000000202. The van der Waals surface area contributed by atoms with Gasteiger partial charge in [-0.1, -0.05) is 84.0 Å². The fourth-order valence-corrected chi connectivity index (χ4v) is 11.8. The van der Waals surface area contributed by atoms with Gasteiger partial charge in [0.25, 0.3) is 11.8 Å². The Kier molecular flexibility index (Phi) is 17.7. The van der Waals surface area contributed by atoms with Gasteiger partial charge in [0, 0.05) is 25.2 Å². The van der Waals surface area contributed by atoms with Crippen LogP contribution in [0.2, 0.25) is 0 Å². The Morgan fingerprint density at radius 1 is 0.604 bits per heavy atom. The number of amides is 2. The number of hydrogen-bond donors (Lipinski definition) is 9. The third-order valence-electron chi connectivity index (χ3n) is 16.1. The highest BCUT2D eigenvalue weighted by molar-refractivity contribution is 7.92. The first kappa shape index (κ1) is 65.0. The van der Waals surface area contributed by atoms with Crippen molar-refractivity contribution >= 4 is 77.4 Å². The van der Waals surface area contributed by atoms with Crippen LogP contribution in [0.4, 0.5) is 34.1 Å². The summed E-state index contributed by atoms with van der Waals surface area (Å²) >= 11 is 0. The molecule has 11 rings (SSSR count). The molecule has 2 amide bonds. The third-order valence-corrected chi connectivity index (χ3v) is 17.3. The Morgan fingerprint density at radius 3 is 1.42 bits per heavy atom. The van der Waals surface area contributed by atoms with Crippen LogP contribution in [0.5, 0.6) is 11.5 Å². The molecule has 0 atom stereocenters. The maximum atomic E-state index is 13.7. The van der Waals surface area contributed by atoms with E-state index in [2.05, 4.69) is 63.7 Å². The van der Waals surface area contributed by atoms with E-state index in [0.717, 1.165) is 93.2 Å². The molecule has 0 saturated heterocycles. The number of anilines is 6. The number of hydrazine groups is 4. The monoisotopic (exact) mass is 1280 g/mol. The lowest BCUT2D eigenvalue weighted by atomic mass is 9.86. The van der Waals surface area contributed by atoms with Gasteiger partial charge in [-0.2, -0.15) is 0 Å². The number of aromatic nitrogens is 4. The van der Waals surface area contributed by atoms with Gasteiger partial charge in [-0.3, -0.25) is 39.9 Å². The van der Waals surface area contributed by atoms with Crippen molar-refractivity contribution in [1.82, 2.24) is 41.0 Å². The number of carbonyl (C=O) groups excluding carboxylic acids is 2. The van der Waals surface area contributed by atoms with Crippen molar-refractivity contribution in [2.24, 2.45) is 14.1 Å². The molecule has 2 aromatic heterocycles. The number of methoxy groups -OCH3 is 2. The Morgan fingerprint density at radius 2 is 1.02 bits per heavy atom. The summed E-state index contributed by atoms with van der Waals surface area (Å²) in [5.41, 5.74) is 22.1. The van der Waals surface area contributed by atoms with E-state index in [1.54, 1.807) is 59.7 Å². The average Bonchev–Trinajstić information content (AvgIpc) is 1.62. The van der Waals surface area contributed by atoms with E-state index >= 15 is 0 Å². The van der Waals surface area contributed by atoms with Crippen LogP contribution in [-0.4, -0.2) is 79.6 Å². The molecule has 2 aliphatic carbocycles. The van der Waals surface area contributed by atoms with E-state index < -0.39 is 37.2 Å². The minimum atomic E-state index is -3.61. The molecule has 0 bridgehead atoms. The number of aliphatic hydroxyl groups is 1. The molecule has 482 valence electrons. The molecule has 7 aromatic rings. The quantitative estimate of drug-likeness (QED) is 0.0365. The second-order valence-corrected chi connectivity index (χ2v) is 29.0. The van der Waals surface area contributed by atoms with Crippen molar-refractivity contribution in [2.45, 2.75) is 110 Å². The summed E-state index contributed by atoms with van der Waals surface area (Å²) < 4.78 is 74.9. The van der Waals surface area contributed by atoms with Crippen LogP contribution < -0.4 is 61.5 Å². The van der Waals surface area contributed by atoms with Gasteiger partial charge in [0.1, 0.15) is 22.9 Å². The summed E-state index contributed by atoms with van der Waals surface area (Å²) in [6.45, 7) is 16.4. The van der Waals surface area contributed by atoms with E-state index in [9.17, 15) is 31.5 Å². The number of rotatable bonds is 19. The zero-order valence-corrected chi connectivity index (χ0v) is 55.3. The van der Waals surface area contributed by atoms with Crippen LogP contribution in [-0.2, 0) is 67.5 Å². The lowest BCUT2D eigenvalue weighted by Crippen LogP contribution is -2.36. The van der Waals surface area contributed by atoms with Crippen molar-refractivity contribution in [3.05, 3.63) is 178 Å². The summed E-state index contributed by atoms with van der Waals surface area (Å²) in [4.78, 5) is 36.4.